The molecule has 0 unspecified atom stereocenters. The zero-order valence-corrected chi connectivity index (χ0v) is 12.4. The number of hydrogen-bond donors (Lipinski definition) is 1. The Labute approximate surface area is 123 Å². The van der Waals surface area contributed by atoms with Gasteiger partial charge in [-0.3, -0.25) is 9.69 Å². The molecule has 1 saturated carbocycles. The Morgan fingerprint density at radius 2 is 2.00 bits per heavy atom. The van der Waals surface area contributed by atoms with Crippen LogP contribution in [0.15, 0.2) is 10.9 Å². The maximum absolute atomic E-state index is 12.4. The third-order valence-corrected chi connectivity index (χ3v) is 4.99. The molecule has 1 aromatic heterocycles. The van der Waals surface area contributed by atoms with Gasteiger partial charge < -0.3 is 10.0 Å². The maximum Gasteiger partial charge on any atom is 0.254 e. The van der Waals surface area contributed by atoms with Crippen LogP contribution in [0.3, 0.4) is 0 Å². The molecule has 1 aromatic rings. The summed E-state index contributed by atoms with van der Waals surface area (Å²) in [7, 11) is 0. The van der Waals surface area contributed by atoms with Crippen molar-refractivity contribution in [2.45, 2.75) is 37.8 Å². The van der Waals surface area contributed by atoms with Crippen molar-refractivity contribution in [2.75, 3.05) is 26.2 Å². The second-order valence-corrected chi connectivity index (χ2v) is 6.51. The summed E-state index contributed by atoms with van der Waals surface area (Å²) in [5.74, 6) is -0.0525. The molecule has 1 saturated heterocycles. The van der Waals surface area contributed by atoms with Gasteiger partial charge in [-0.1, -0.05) is 0 Å². The number of carbonyl (C=O) groups is 1. The monoisotopic (exact) mass is 295 g/mol. The fourth-order valence-corrected chi connectivity index (χ4v) is 3.67. The quantitative estimate of drug-likeness (QED) is 0.907. The first-order valence-corrected chi connectivity index (χ1v) is 8.23. The van der Waals surface area contributed by atoms with Gasteiger partial charge in [-0.2, -0.15) is 0 Å². The van der Waals surface area contributed by atoms with Gasteiger partial charge in [0, 0.05) is 38.1 Å². The van der Waals surface area contributed by atoms with E-state index >= 15 is 0 Å². The summed E-state index contributed by atoms with van der Waals surface area (Å²) in [6.07, 6.45) is 3.19. The van der Waals surface area contributed by atoms with Gasteiger partial charge in [0.05, 0.1) is 11.2 Å². The van der Waals surface area contributed by atoms with Crippen LogP contribution in [-0.2, 0) is 11.3 Å². The molecular formula is C14H21N3O2S. The topological polar surface area (TPSA) is 56.7 Å². The molecule has 0 aromatic carbocycles. The predicted molar refractivity (Wildman–Crippen MR) is 77.4 cm³/mol. The molecule has 1 aliphatic heterocycles. The Kier molecular flexibility index (Phi) is 4.05. The summed E-state index contributed by atoms with van der Waals surface area (Å²) in [5.41, 5.74) is 1.88. The van der Waals surface area contributed by atoms with Crippen LogP contribution in [0.4, 0.5) is 0 Å². The smallest absolute Gasteiger partial charge is 0.254 e. The largest absolute Gasteiger partial charge is 0.380 e. The van der Waals surface area contributed by atoms with Crippen molar-refractivity contribution in [2.24, 2.45) is 0 Å². The lowest BCUT2D eigenvalue weighted by atomic mass is 10.00. The molecule has 6 heteroatoms. The SMILES string of the molecule is O=C(N1CCN(Cc2cscn2)CC1)C1(O)CCCC1. The van der Waals surface area contributed by atoms with E-state index in [2.05, 4.69) is 15.3 Å². The van der Waals surface area contributed by atoms with E-state index in [1.54, 1.807) is 11.3 Å². The van der Waals surface area contributed by atoms with Crippen molar-refractivity contribution in [3.8, 4) is 0 Å². The molecule has 2 aliphatic rings. The molecule has 1 amide bonds. The molecule has 0 atom stereocenters. The number of nitrogens with zero attached hydrogens (tertiary/aromatic N) is 3. The molecule has 2 heterocycles. The van der Waals surface area contributed by atoms with Crippen LogP contribution in [0.5, 0.6) is 0 Å². The number of aromatic nitrogens is 1. The van der Waals surface area contributed by atoms with Gasteiger partial charge in [0.15, 0.2) is 0 Å². The van der Waals surface area contributed by atoms with E-state index in [4.69, 9.17) is 0 Å². The standard InChI is InChI=1S/C14H21N3O2S/c18-13(14(19)3-1-2-4-14)17-7-5-16(6-8-17)9-12-10-20-11-15-12/h10-11,19H,1-9H2. The molecule has 110 valence electrons. The van der Waals surface area contributed by atoms with Crippen LogP contribution in [0.2, 0.25) is 0 Å². The van der Waals surface area contributed by atoms with E-state index in [9.17, 15) is 9.90 Å². The third kappa shape index (κ3) is 2.87. The van der Waals surface area contributed by atoms with E-state index in [1.807, 2.05) is 10.4 Å². The Bertz CT molecular complexity index is 449. The van der Waals surface area contributed by atoms with Gasteiger partial charge in [0.25, 0.3) is 5.91 Å². The summed E-state index contributed by atoms with van der Waals surface area (Å²) < 4.78 is 0. The Hall–Kier alpha value is -0.980. The van der Waals surface area contributed by atoms with Crippen molar-refractivity contribution < 1.29 is 9.90 Å². The zero-order chi connectivity index (χ0) is 14.0. The zero-order valence-electron chi connectivity index (χ0n) is 11.6. The summed E-state index contributed by atoms with van der Waals surface area (Å²) in [5, 5.41) is 12.4. The highest BCUT2D eigenvalue weighted by molar-refractivity contribution is 7.07. The number of piperazine rings is 1. The van der Waals surface area contributed by atoms with Gasteiger partial charge in [0.2, 0.25) is 0 Å². The van der Waals surface area contributed by atoms with Crippen LogP contribution in [0, 0.1) is 0 Å². The number of thiazole rings is 1. The van der Waals surface area contributed by atoms with Crippen LogP contribution in [0.25, 0.3) is 0 Å². The molecule has 3 rings (SSSR count). The fourth-order valence-electron chi connectivity index (χ4n) is 3.12. The van der Waals surface area contributed by atoms with E-state index in [-0.39, 0.29) is 5.91 Å². The first-order chi connectivity index (χ1) is 9.67. The van der Waals surface area contributed by atoms with Gasteiger partial charge in [0.1, 0.15) is 5.60 Å². The second kappa shape index (κ2) is 5.79. The maximum atomic E-state index is 12.4. The van der Waals surface area contributed by atoms with Gasteiger partial charge in [-0.15, -0.1) is 11.3 Å². The number of carbonyl (C=O) groups excluding carboxylic acids is 1. The molecule has 5 nitrogen and oxygen atoms in total. The Balaban J connectivity index is 1.52. The average molecular weight is 295 g/mol. The Morgan fingerprint density at radius 3 is 2.60 bits per heavy atom. The molecular weight excluding hydrogens is 274 g/mol. The van der Waals surface area contributed by atoms with Crippen molar-refractivity contribution in [3.63, 3.8) is 0 Å². The number of aliphatic hydroxyl groups is 1. The molecule has 0 spiro atoms. The van der Waals surface area contributed by atoms with Crippen LogP contribution < -0.4 is 0 Å². The summed E-state index contributed by atoms with van der Waals surface area (Å²) in [6, 6.07) is 0. The van der Waals surface area contributed by atoms with Crippen LogP contribution in [0.1, 0.15) is 31.4 Å². The third-order valence-electron chi connectivity index (χ3n) is 4.36. The molecule has 1 aliphatic carbocycles. The first kappa shape index (κ1) is 14.0. The number of rotatable bonds is 3. The lowest BCUT2D eigenvalue weighted by Crippen LogP contribution is -2.54. The first-order valence-electron chi connectivity index (χ1n) is 7.29. The van der Waals surface area contributed by atoms with E-state index in [0.29, 0.717) is 25.9 Å². The van der Waals surface area contributed by atoms with Gasteiger partial charge in [-0.25, -0.2) is 4.98 Å². The highest BCUT2D eigenvalue weighted by Crippen LogP contribution is 2.31. The van der Waals surface area contributed by atoms with Gasteiger partial charge in [-0.05, 0) is 25.7 Å². The van der Waals surface area contributed by atoms with E-state index < -0.39 is 5.60 Å². The van der Waals surface area contributed by atoms with E-state index in [0.717, 1.165) is 38.2 Å². The minimum absolute atomic E-state index is 0.0525. The lowest BCUT2D eigenvalue weighted by Gasteiger charge is -2.37. The fraction of sp³-hybridized carbons (Fsp3) is 0.714. The Morgan fingerprint density at radius 1 is 1.30 bits per heavy atom. The second-order valence-electron chi connectivity index (χ2n) is 5.79. The lowest BCUT2D eigenvalue weighted by molar-refractivity contribution is -0.152. The normalized spacial score (nSPS) is 23.1. The average Bonchev–Trinajstić information content (AvgIpc) is 3.11. The predicted octanol–water partition coefficient (Wildman–Crippen LogP) is 1.09. The highest BCUT2D eigenvalue weighted by Gasteiger charge is 2.42. The van der Waals surface area contributed by atoms with Crippen molar-refractivity contribution >= 4 is 17.2 Å². The molecule has 0 bridgehead atoms. The van der Waals surface area contributed by atoms with Crippen LogP contribution >= 0.6 is 11.3 Å². The molecule has 20 heavy (non-hydrogen) atoms. The minimum Gasteiger partial charge on any atom is -0.380 e. The van der Waals surface area contributed by atoms with Crippen molar-refractivity contribution in [3.05, 3.63) is 16.6 Å². The number of amides is 1. The summed E-state index contributed by atoms with van der Waals surface area (Å²) in [6.45, 7) is 4.01. The molecule has 2 fully saturated rings. The van der Waals surface area contributed by atoms with Crippen LogP contribution in [-0.4, -0.2) is 57.6 Å². The van der Waals surface area contributed by atoms with E-state index in [1.165, 1.54) is 0 Å². The summed E-state index contributed by atoms with van der Waals surface area (Å²) in [4.78, 5) is 20.8. The number of hydrogen-bond acceptors (Lipinski definition) is 5. The molecule has 1 N–H and O–H groups in total. The highest BCUT2D eigenvalue weighted by atomic mass is 32.1. The minimum atomic E-state index is -1.07. The molecule has 0 radical (unpaired) electrons. The van der Waals surface area contributed by atoms with Crippen molar-refractivity contribution in [1.29, 1.82) is 0 Å². The van der Waals surface area contributed by atoms with Crippen molar-refractivity contribution in [1.82, 2.24) is 14.8 Å². The van der Waals surface area contributed by atoms with Gasteiger partial charge >= 0.3 is 0 Å². The summed E-state index contributed by atoms with van der Waals surface area (Å²) >= 11 is 1.61.